The number of rotatable bonds is 9. The second-order valence-corrected chi connectivity index (χ2v) is 11.4. The van der Waals surface area contributed by atoms with E-state index in [9.17, 15) is 23.3 Å². The summed E-state index contributed by atoms with van der Waals surface area (Å²) in [5, 5.41) is 16.3. The van der Waals surface area contributed by atoms with Crippen LogP contribution in [0.15, 0.2) is 88.9 Å². The molecule has 1 amide bonds. The molecule has 0 aliphatic carbocycles. The molecule has 0 unspecified atom stereocenters. The minimum absolute atomic E-state index is 0.0411. The second-order valence-electron chi connectivity index (χ2n) is 8.65. The van der Waals surface area contributed by atoms with E-state index in [1.807, 2.05) is 24.5 Å². The van der Waals surface area contributed by atoms with Gasteiger partial charge in [0, 0.05) is 34.1 Å². The minimum atomic E-state index is -4.24. The van der Waals surface area contributed by atoms with E-state index in [2.05, 4.69) is 10.5 Å². The number of nitro benzene ring substituents is 1. The summed E-state index contributed by atoms with van der Waals surface area (Å²) >= 11 is 12.4. The molecule has 0 aliphatic rings. The van der Waals surface area contributed by atoms with Crippen LogP contribution in [0.25, 0.3) is 5.69 Å². The normalized spacial score (nSPS) is 11.5. The number of sulfonamides is 1. The van der Waals surface area contributed by atoms with Gasteiger partial charge in [-0.2, -0.15) is 5.10 Å². The number of halogens is 2. The number of hydrazone groups is 1. The Hall–Kier alpha value is -4.19. The molecule has 1 aromatic heterocycles. The number of nitro groups is 1. The number of nitrogens with zero attached hydrogens (tertiary/aromatic N) is 4. The molecule has 10 nitrogen and oxygen atoms in total. The van der Waals surface area contributed by atoms with Crippen LogP contribution in [0.3, 0.4) is 0 Å². The van der Waals surface area contributed by atoms with Crippen LogP contribution in [0.2, 0.25) is 10.0 Å². The fourth-order valence-electron chi connectivity index (χ4n) is 4.09. The Morgan fingerprint density at radius 2 is 1.77 bits per heavy atom. The molecule has 40 heavy (non-hydrogen) atoms. The van der Waals surface area contributed by atoms with E-state index >= 15 is 0 Å². The van der Waals surface area contributed by atoms with Crippen LogP contribution in [-0.4, -0.2) is 36.6 Å². The summed E-state index contributed by atoms with van der Waals surface area (Å²) in [7, 11) is -4.24. The maximum atomic E-state index is 13.4. The van der Waals surface area contributed by atoms with Crippen molar-refractivity contribution in [1.82, 2.24) is 9.99 Å². The standard InChI is InChI=1S/C27H23Cl2N5O5S/c1-18-13-20(19(2)33(18)26-12-11-21(28)14-25(26)29)16-30-31-27(35)17-32(22-7-6-8-23(15-22)34(36)37)40(38,39)24-9-4-3-5-10-24/h3-16H,17H2,1-2H3,(H,31,35)/b30-16+. The van der Waals surface area contributed by atoms with Crippen molar-refractivity contribution < 1.29 is 18.1 Å². The van der Waals surface area contributed by atoms with E-state index in [-0.39, 0.29) is 16.3 Å². The predicted molar refractivity (Wildman–Crippen MR) is 155 cm³/mol. The maximum Gasteiger partial charge on any atom is 0.271 e. The molecule has 0 radical (unpaired) electrons. The van der Waals surface area contributed by atoms with Crippen molar-refractivity contribution in [2.24, 2.45) is 5.10 Å². The van der Waals surface area contributed by atoms with Gasteiger partial charge >= 0.3 is 0 Å². The van der Waals surface area contributed by atoms with Gasteiger partial charge in [-0.1, -0.05) is 47.5 Å². The molecular weight excluding hydrogens is 577 g/mol. The number of anilines is 1. The van der Waals surface area contributed by atoms with Gasteiger partial charge in [-0.05, 0) is 56.3 Å². The number of nitrogens with one attached hydrogen (secondary N) is 1. The number of hydrogen-bond donors (Lipinski definition) is 1. The Balaban J connectivity index is 1.58. The fourth-order valence-corrected chi connectivity index (χ4v) is 6.01. The zero-order valence-corrected chi connectivity index (χ0v) is 23.6. The van der Waals surface area contributed by atoms with Gasteiger partial charge in [0.25, 0.3) is 21.6 Å². The van der Waals surface area contributed by atoms with Gasteiger partial charge in [-0.15, -0.1) is 0 Å². The van der Waals surface area contributed by atoms with Gasteiger partial charge in [0.2, 0.25) is 0 Å². The maximum absolute atomic E-state index is 13.4. The lowest BCUT2D eigenvalue weighted by molar-refractivity contribution is -0.384. The first kappa shape index (κ1) is 28.8. The van der Waals surface area contributed by atoms with Crippen molar-refractivity contribution in [3.63, 3.8) is 0 Å². The predicted octanol–water partition coefficient (Wildman–Crippen LogP) is 5.65. The number of aromatic nitrogens is 1. The summed E-state index contributed by atoms with van der Waals surface area (Å²) in [5.41, 5.74) is 5.06. The van der Waals surface area contributed by atoms with Crippen LogP contribution in [0.4, 0.5) is 11.4 Å². The minimum Gasteiger partial charge on any atom is -0.316 e. The smallest absolute Gasteiger partial charge is 0.271 e. The number of aryl methyl sites for hydroxylation is 1. The van der Waals surface area contributed by atoms with E-state index in [4.69, 9.17) is 23.2 Å². The average Bonchev–Trinajstić information content (AvgIpc) is 3.20. The van der Waals surface area contributed by atoms with Gasteiger partial charge in [0.05, 0.1) is 32.4 Å². The summed E-state index contributed by atoms with van der Waals surface area (Å²) in [4.78, 5) is 23.4. The molecule has 13 heteroatoms. The zero-order valence-electron chi connectivity index (χ0n) is 21.3. The van der Waals surface area contributed by atoms with Gasteiger partial charge in [-0.25, -0.2) is 13.8 Å². The van der Waals surface area contributed by atoms with Crippen molar-refractivity contribution in [3.05, 3.63) is 116 Å². The number of carbonyl (C=O) groups excluding carboxylic acids is 1. The Morgan fingerprint density at radius 3 is 2.45 bits per heavy atom. The summed E-state index contributed by atoms with van der Waals surface area (Å²) in [6.07, 6.45) is 1.43. The molecule has 206 valence electrons. The summed E-state index contributed by atoms with van der Waals surface area (Å²) in [6, 6.07) is 19.5. The molecule has 1 N–H and O–H groups in total. The number of hydrogen-bond acceptors (Lipinski definition) is 6. The highest BCUT2D eigenvalue weighted by atomic mass is 35.5. The van der Waals surface area contributed by atoms with Crippen LogP contribution in [0.5, 0.6) is 0 Å². The van der Waals surface area contributed by atoms with E-state index < -0.39 is 27.4 Å². The molecule has 4 rings (SSSR count). The van der Waals surface area contributed by atoms with E-state index in [0.717, 1.165) is 27.4 Å². The Labute approximate surface area is 240 Å². The number of carbonyl (C=O) groups is 1. The molecule has 1 heterocycles. The fraction of sp³-hybridized carbons (Fsp3) is 0.111. The van der Waals surface area contributed by atoms with Gasteiger partial charge in [0.15, 0.2) is 0 Å². The van der Waals surface area contributed by atoms with Crippen molar-refractivity contribution >= 4 is 56.7 Å². The van der Waals surface area contributed by atoms with Crippen LogP contribution >= 0.6 is 23.2 Å². The monoisotopic (exact) mass is 599 g/mol. The zero-order chi connectivity index (χ0) is 29.0. The highest BCUT2D eigenvalue weighted by Crippen LogP contribution is 2.29. The van der Waals surface area contributed by atoms with Crippen LogP contribution in [0, 0.1) is 24.0 Å². The van der Waals surface area contributed by atoms with Crippen molar-refractivity contribution in [3.8, 4) is 5.69 Å². The second kappa shape index (κ2) is 11.9. The molecule has 0 fully saturated rings. The largest absolute Gasteiger partial charge is 0.316 e. The van der Waals surface area contributed by atoms with Crippen LogP contribution in [0.1, 0.15) is 17.0 Å². The van der Waals surface area contributed by atoms with E-state index in [1.54, 1.807) is 24.3 Å². The number of amides is 1. The first-order valence-electron chi connectivity index (χ1n) is 11.8. The lowest BCUT2D eigenvalue weighted by atomic mass is 10.2. The SMILES string of the molecule is Cc1cc(/C=N/NC(=O)CN(c2cccc([N+](=O)[O-])c2)S(=O)(=O)c2ccccc2)c(C)n1-c1ccc(Cl)cc1Cl. The first-order chi connectivity index (χ1) is 19.0. The van der Waals surface area contributed by atoms with Crippen molar-refractivity contribution in [2.75, 3.05) is 10.8 Å². The Bertz CT molecular complexity index is 1720. The summed E-state index contributed by atoms with van der Waals surface area (Å²) in [5.74, 6) is -0.753. The van der Waals surface area contributed by atoms with Gasteiger partial charge in [-0.3, -0.25) is 19.2 Å². The van der Waals surface area contributed by atoms with E-state index in [0.29, 0.717) is 15.6 Å². The molecule has 0 saturated carbocycles. The van der Waals surface area contributed by atoms with Crippen LogP contribution in [-0.2, 0) is 14.8 Å². The summed E-state index contributed by atoms with van der Waals surface area (Å²) < 4.78 is 29.6. The van der Waals surface area contributed by atoms with Crippen molar-refractivity contribution in [2.45, 2.75) is 18.7 Å². The lowest BCUT2D eigenvalue weighted by Crippen LogP contribution is -2.39. The molecule has 0 aliphatic heterocycles. The Kier molecular flexibility index (Phi) is 8.58. The number of non-ortho nitro benzene ring substituents is 1. The topological polar surface area (TPSA) is 127 Å². The summed E-state index contributed by atoms with van der Waals surface area (Å²) in [6.45, 7) is 3.08. The molecule has 0 spiro atoms. The van der Waals surface area contributed by atoms with Gasteiger partial charge < -0.3 is 4.57 Å². The first-order valence-corrected chi connectivity index (χ1v) is 14.0. The van der Waals surface area contributed by atoms with Crippen LogP contribution < -0.4 is 9.73 Å². The molecule has 4 aromatic rings. The quantitative estimate of drug-likeness (QED) is 0.151. The van der Waals surface area contributed by atoms with E-state index in [1.165, 1.54) is 48.7 Å². The Morgan fingerprint density at radius 1 is 1.05 bits per heavy atom. The molecular formula is C27H23Cl2N5O5S. The molecule has 0 bridgehead atoms. The highest BCUT2D eigenvalue weighted by Gasteiger charge is 2.28. The van der Waals surface area contributed by atoms with Crippen molar-refractivity contribution in [1.29, 1.82) is 0 Å². The number of benzene rings is 3. The lowest BCUT2D eigenvalue weighted by Gasteiger charge is -2.23. The molecule has 0 atom stereocenters. The molecule has 3 aromatic carbocycles. The third-order valence-corrected chi connectivity index (χ3v) is 8.29. The van der Waals surface area contributed by atoms with Gasteiger partial charge in [0.1, 0.15) is 6.54 Å². The third-order valence-electron chi connectivity index (χ3n) is 5.96. The molecule has 0 saturated heterocycles. The third kappa shape index (κ3) is 6.17. The average molecular weight is 600 g/mol. The highest BCUT2D eigenvalue weighted by molar-refractivity contribution is 7.92.